The molecule has 0 aromatic rings. The van der Waals surface area contributed by atoms with Crippen LogP contribution in [-0.2, 0) is 4.74 Å². The van der Waals surface area contributed by atoms with E-state index in [1.165, 1.54) is 12.8 Å². The molecule has 0 amide bonds. The van der Waals surface area contributed by atoms with E-state index in [2.05, 4.69) is 27.7 Å². The number of rotatable bonds is 7. The molecule has 0 aliphatic carbocycles. The Labute approximate surface area is 95.0 Å². The molecule has 0 aliphatic rings. The van der Waals surface area contributed by atoms with Crippen LogP contribution < -0.4 is 0 Å². The summed E-state index contributed by atoms with van der Waals surface area (Å²) >= 11 is 0. The largest absolute Gasteiger partial charge is 0.390 e. The molecule has 0 saturated heterocycles. The summed E-state index contributed by atoms with van der Waals surface area (Å²) in [6, 6.07) is 0. The lowest BCUT2D eigenvalue weighted by Gasteiger charge is -2.33. The van der Waals surface area contributed by atoms with Crippen molar-refractivity contribution in [2.75, 3.05) is 6.61 Å². The van der Waals surface area contributed by atoms with Gasteiger partial charge in [0.1, 0.15) is 0 Å². The van der Waals surface area contributed by atoms with Crippen LogP contribution in [0.2, 0.25) is 0 Å². The first kappa shape index (κ1) is 14.9. The molecule has 1 atom stereocenters. The zero-order chi connectivity index (χ0) is 12.1. The van der Waals surface area contributed by atoms with E-state index in [1.807, 2.05) is 13.8 Å². The summed E-state index contributed by atoms with van der Waals surface area (Å²) in [5.41, 5.74) is -0.703. The maximum atomic E-state index is 9.58. The fourth-order valence-corrected chi connectivity index (χ4v) is 1.49. The van der Waals surface area contributed by atoms with Gasteiger partial charge in [-0.1, -0.05) is 20.3 Å². The predicted molar refractivity (Wildman–Crippen MR) is 65.0 cm³/mol. The lowest BCUT2D eigenvalue weighted by Crippen LogP contribution is -2.34. The van der Waals surface area contributed by atoms with Crippen LogP contribution in [0, 0.1) is 5.92 Å². The molecule has 1 unspecified atom stereocenters. The van der Waals surface area contributed by atoms with E-state index in [9.17, 15) is 5.11 Å². The second-order valence-corrected chi connectivity index (χ2v) is 5.70. The van der Waals surface area contributed by atoms with E-state index in [0.717, 1.165) is 0 Å². The summed E-state index contributed by atoms with van der Waals surface area (Å²) < 4.78 is 5.86. The molecule has 0 spiro atoms. The first-order valence-corrected chi connectivity index (χ1v) is 6.05. The van der Waals surface area contributed by atoms with E-state index in [-0.39, 0.29) is 5.60 Å². The minimum Gasteiger partial charge on any atom is -0.390 e. The van der Waals surface area contributed by atoms with Crippen molar-refractivity contribution in [3.05, 3.63) is 0 Å². The lowest BCUT2D eigenvalue weighted by atomic mass is 9.88. The average molecular weight is 216 g/mol. The topological polar surface area (TPSA) is 29.5 Å². The second kappa shape index (κ2) is 5.86. The lowest BCUT2D eigenvalue weighted by molar-refractivity contribution is -0.0760. The Balaban J connectivity index is 3.93. The van der Waals surface area contributed by atoms with Crippen LogP contribution in [0.25, 0.3) is 0 Å². The summed E-state index contributed by atoms with van der Waals surface area (Å²) in [6.45, 7) is 13.0. The predicted octanol–water partition coefficient (Wildman–Crippen LogP) is 3.38. The number of aliphatic hydroxyl groups is 1. The third-order valence-corrected chi connectivity index (χ3v) is 3.10. The van der Waals surface area contributed by atoms with Crippen LogP contribution >= 0.6 is 0 Å². The fraction of sp³-hybridized carbons (Fsp3) is 1.00. The van der Waals surface area contributed by atoms with Crippen molar-refractivity contribution in [1.82, 2.24) is 0 Å². The van der Waals surface area contributed by atoms with E-state index >= 15 is 0 Å². The SMILES string of the molecule is CCCC(C)C(C)(C)OCCC(C)(C)O. The molecular weight excluding hydrogens is 188 g/mol. The van der Waals surface area contributed by atoms with Crippen LogP contribution in [0.15, 0.2) is 0 Å². The molecule has 92 valence electrons. The quantitative estimate of drug-likeness (QED) is 0.707. The third kappa shape index (κ3) is 6.91. The summed E-state index contributed by atoms with van der Waals surface area (Å²) in [6.07, 6.45) is 3.07. The Kier molecular flexibility index (Phi) is 5.82. The molecule has 0 fully saturated rings. The van der Waals surface area contributed by atoms with Crippen molar-refractivity contribution in [3.8, 4) is 0 Å². The molecule has 0 radical (unpaired) electrons. The molecule has 0 aromatic heterocycles. The molecule has 0 heterocycles. The van der Waals surface area contributed by atoms with Crippen molar-refractivity contribution in [2.24, 2.45) is 5.92 Å². The second-order valence-electron chi connectivity index (χ2n) is 5.70. The van der Waals surface area contributed by atoms with Gasteiger partial charge in [-0.25, -0.2) is 0 Å². The van der Waals surface area contributed by atoms with Crippen molar-refractivity contribution < 1.29 is 9.84 Å². The normalized spacial score (nSPS) is 15.4. The van der Waals surface area contributed by atoms with Gasteiger partial charge >= 0.3 is 0 Å². The molecular formula is C13H28O2. The van der Waals surface area contributed by atoms with E-state index in [0.29, 0.717) is 18.9 Å². The molecule has 2 heteroatoms. The van der Waals surface area contributed by atoms with Crippen molar-refractivity contribution in [2.45, 2.75) is 72.0 Å². The average Bonchev–Trinajstić information content (AvgIpc) is 2.01. The van der Waals surface area contributed by atoms with Crippen molar-refractivity contribution in [1.29, 1.82) is 0 Å². The fourth-order valence-electron chi connectivity index (χ4n) is 1.49. The zero-order valence-electron chi connectivity index (χ0n) is 11.3. The van der Waals surface area contributed by atoms with Crippen LogP contribution in [0.1, 0.15) is 60.8 Å². The van der Waals surface area contributed by atoms with Crippen LogP contribution in [0.4, 0.5) is 0 Å². The highest BCUT2D eigenvalue weighted by Gasteiger charge is 2.26. The Hall–Kier alpha value is -0.0800. The molecule has 0 aliphatic heterocycles. The molecule has 2 nitrogen and oxygen atoms in total. The Morgan fingerprint density at radius 3 is 2.13 bits per heavy atom. The Bertz CT molecular complexity index is 168. The van der Waals surface area contributed by atoms with Crippen LogP contribution in [0.5, 0.6) is 0 Å². The molecule has 0 aromatic carbocycles. The molecule has 1 N–H and O–H groups in total. The van der Waals surface area contributed by atoms with Gasteiger partial charge in [-0.3, -0.25) is 0 Å². The summed E-state index contributed by atoms with van der Waals surface area (Å²) in [7, 11) is 0. The maximum Gasteiger partial charge on any atom is 0.0651 e. The summed E-state index contributed by atoms with van der Waals surface area (Å²) in [5, 5.41) is 9.58. The number of ether oxygens (including phenoxy) is 1. The van der Waals surface area contributed by atoms with E-state index < -0.39 is 5.60 Å². The van der Waals surface area contributed by atoms with Gasteiger partial charge in [0.05, 0.1) is 17.8 Å². The molecule has 0 rings (SSSR count). The smallest absolute Gasteiger partial charge is 0.0651 e. The minimum absolute atomic E-state index is 0.0821. The summed E-state index contributed by atoms with van der Waals surface area (Å²) in [5.74, 6) is 0.560. The van der Waals surface area contributed by atoms with Crippen LogP contribution in [0.3, 0.4) is 0 Å². The molecule has 15 heavy (non-hydrogen) atoms. The zero-order valence-corrected chi connectivity index (χ0v) is 11.3. The third-order valence-electron chi connectivity index (χ3n) is 3.10. The molecule has 0 bridgehead atoms. The monoisotopic (exact) mass is 216 g/mol. The minimum atomic E-state index is -0.621. The molecule has 0 saturated carbocycles. The van der Waals surface area contributed by atoms with Gasteiger partial charge in [0.15, 0.2) is 0 Å². The highest BCUT2D eigenvalue weighted by Crippen LogP contribution is 2.25. The Morgan fingerprint density at radius 2 is 1.73 bits per heavy atom. The van der Waals surface area contributed by atoms with Gasteiger partial charge in [0, 0.05) is 0 Å². The number of hydrogen-bond donors (Lipinski definition) is 1. The summed E-state index contributed by atoms with van der Waals surface area (Å²) in [4.78, 5) is 0. The maximum absolute atomic E-state index is 9.58. The van der Waals surface area contributed by atoms with Crippen molar-refractivity contribution in [3.63, 3.8) is 0 Å². The Morgan fingerprint density at radius 1 is 1.20 bits per heavy atom. The first-order chi connectivity index (χ1) is 6.69. The van der Waals surface area contributed by atoms with Gasteiger partial charge < -0.3 is 9.84 Å². The highest BCUT2D eigenvalue weighted by molar-refractivity contribution is 4.76. The van der Waals surface area contributed by atoms with Crippen LogP contribution in [-0.4, -0.2) is 22.9 Å². The first-order valence-electron chi connectivity index (χ1n) is 6.05. The van der Waals surface area contributed by atoms with Gasteiger partial charge in [-0.15, -0.1) is 0 Å². The van der Waals surface area contributed by atoms with Gasteiger partial charge in [-0.2, -0.15) is 0 Å². The standard InChI is InChI=1S/C13H28O2/c1-7-8-11(2)13(5,6)15-10-9-12(3,4)14/h11,14H,7-10H2,1-6H3. The van der Waals surface area contributed by atoms with Gasteiger partial charge in [0.2, 0.25) is 0 Å². The van der Waals surface area contributed by atoms with Gasteiger partial charge in [0.25, 0.3) is 0 Å². The van der Waals surface area contributed by atoms with E-state index in [4.69, 9.17) is 4.74 Å². The van der Waals surface area contributed by atoms with Crippen molar-refractivity contribution >= 4 is 0 Å². The number of hydrogen-bond acceptors (Lipinski definition) is 2. The van der Waals surface area contributed by atoms with Gasteiger partial charge in [-0.05, 0) is 46.5 Å². The highest BCUT2D eigenvalue weighted by atomic mass is 16.5. The van der Waals surface area contributed by atoms with E-state index in [1.54, 1.807) is 0 Å².